The van der Waals surface area contributed by atoms with Crippen LogP contribution in [0.1, 0.15) is 25.7 Å². The number of carbonyl (C=O) groups is 1. The summed E-state index contributed by atoms with van der Waals surface area (Å²) in [5, 5.41) is 3.53. The lowest BCUT2D eigenvalue weighted by Gasteiger charge is -2.37. The molecular weight excluding hydrogens is 372 g/mol. The normalized spacial score (nSPS) is 21.0. The highest BCUT2D eigenvalue weighted by molar-refractivity contribution is 8.03. The minimum absolute atomic E-state index is 0.0760. The quantitative estimate of drug-likeness (QED) is 0.784. The molecule has 2 aliphatic rings. The summed E-state index contributed by atoms with van der Waals surface area (Å²) in [4.78, 5) is 14.9. The van der Waals surface area contributed by atoms with E-state index >= 15 is 0 Å². The van der Waals surface area contributed by atoms with Crippen LogP contribution in [0.4, 0.5) is 5.69 Å². The van der Waals surface area contributed by atoms with Gasteiger partial charge in [-0.3, -0.25) is 9.69 Å². The molecular formula is C19H27ClN2OS2. The van der Waals surface area contributed by atoms with Gasteiger partial charge in [0.15, 0.2) is 0 Å². The lowest BCUT2D eigenvalue weighted by Crippen LogP contribution is -2.44. The Labute approximate surface area is 164 Å². The Hall–Kier alpha value is -0.360. The molecule has 0 spiro atoms. The number of carbonyl (C=O) groups excluding carboxylic acids is 1. The Morgan fingerprint density at radius 1 is 1.16 bits per heavy atom. The minimum atomic E-state index is 0.0760. The molecule has 2 saturated heterocycles. The minimum Gasteiger partial charge on any atom is -0.325 e. The molecule has 1 aromatic rings. The first-order valence-corrected chi connectivity index (χ1v) is 11.8. The van der Waals surface area contributed by atoms with Crippen LogP contribution in [0.25, 0.3) is 0 Å². The molecule has 0 unspecified atom stereocenters. The topological polar surface area (TPSA) is 32.3 Å². The van der Waals surface area contributed by atoms with E-state index in [0.717, 1.165) is 12.5 Å². The van der Waals surface area contributed by atoms with Crippen LogP contribution in [-0.2, 0) is 4.79 Å². The van der Waals surface area contributed by atoms with Crippen LogP contribution in [0, 0.1) is 5.92 Å². The van der Waals surface area contributed by atoms with Crippen LogP contribution in [0.3, 0.4) is 0 Å². The molecule has 2 fully saturated rings. The van der Waals surface area contributed by atoms with Gasteiger partial charge < -0.3 is 5.32 Å². The average Bonchev–Trinajstić information content (AvgIpc) is 2.92. The average molecular weight is 399 g/mol. The number of benzene rings is 1. The maximum atomic E-state index is 12.2. The van der Waals surface area contributed by atoms with E-state index in [0.29, 0.717) is 23.0 Å². The number of nitrogens with one attached hydrogen (secondary N) is 1. The Kier molecular flexibility index (Phi) is 7.84. The number of hydrogen-bond donors (Lipinski definition) is 1. The van der Waals surface area contributed by atoms with Crippen LogP contribution in [0.15, 0.2) is 24.3 Å². The van der Waals surface area contributed by atoms with Crippen molar-refractivity contribution in [2.45, 2.75) is 31.7 Å². The van der Waals surface area contributed by atoms with Gasteiger partial charge in [0.05, 0.1) is 10.7 Å². The van der Waals surface area contributed by atoms with E-state index in [1.807, 2.05) is 18.2 Å². The SMILES string of the molecule is O=C(CCC1CCN(C2CSCCSC2)CC1)Nc1ccccc1Cl. The molecule has 25 heavy (non-hydrogen) atoms. The second-order valence-electron chi connectivity index (χ2n) is 6.85. The second-order valence-corrected chi connectivity index (χ2v) is 9.56. The van der Waals surface area contributed by atoms with Crippen molar-refractivity contribution >= 4 is 46.7 Å². The van der Waals surface area contributed by atoms with E-state index in [1.165, 1.54) is 48.9 Å². The van der Waals surface area contributed by atoms with Gasteiger partial charge in [-0.05, 0) is 50.4 Å². The number of piperidine rings is 1. The highest BCUT2D eigenvalue weighted by Crippen LogP contribution is 2.27. The number of amides is 1. The maximum Gasteiger partial charge on any atom is 0.224 e. The van der Waals surface area contributed by atoms with Gasteiger partial charge in [0, 0.05) is 35.5 Å². The first-order chi connectivity index (χ1) is 12.2. The van der Waals surface area contributed by atoms with Crippen molar-refractivity contribution in [3.8, 4) is 0 Å². The highest BCUT2D eigenvalue weighted by Gasteiger charge is 2.26. The molecule has 1 N–H and O–H groups in total. The van der Waals surface area contributed by atoms with E-state index < -0.39 is 0 Å². The number of halogens is 1. The Bertz CT molecular complexity index is 556. The fraction of sp³-hybridized carbons (Fsp3) is 0.632. The van der Waals surface area contributed by atoms with Crippen LogP contribution >= 0.6 is 35.1 Å². The van der Waals surface area contributed by atoms with Crippen molar-refractivity contribution in [3.05, 3.63) is 29.3 Å². The molecule has 3 rings (SSSR count). The lowest BCUT2D eigenvalue weighted by atomic mass is 9.91. The Balaban J connectivity index is 1.37. The lowest BCUT2D eigenvalue weighted by molar-refractivity contribution is -0.116. The van der Waals surface area contributed by atoms with Crippen LogP contribution in [0.5, 0.6) is 0 Å². The van der Waals surface area contributed by atoms with Crippen molar-refractivity contribution < 1.29 is 4.79 Å². The molecule has 1 amide bonds. The number of hydrogen-bond acceptors (Lipinski definition) is 4. The number of thioether (sulfide) groups is 2. The van der Waals surface area contributed by atoms with Gasteiger partial charge in [-0.2, -0.15) is 23.5 Å². The van der Waals surface area contributed by atoms with E-state index in [4.69, 9.17) is 11.6 Å². The standard InChI is InChI=1S/C19H27ClN2OS2/c20-17-3-1-2-4-18(17)21-19(23)6-5-15-7-9-22(10-8-15)16-13-24-11-12-25-14-16/h1-4,15-16H,5-14H2,(H,21,23). The van der Waals surface area contributed by atoms with Gasteiger partial charge in [0.1, 0.15) is 0 Å². The molecule has 2 aliphatic heterocycles. The van der Waals surface area contributed by atoms with Crippen molar-refractivity contribution in [2.75, 3.05) is 41.4 Å². The molecule has 0 atom stereocenters. The number of nitrogens with zero attached hydrogens (tertiary/aromatic N) is 1. The molecule has 138 valence electrons. The van der Waals surface area contributed by atoms with Crippen molar-refractivity contribution in [2.24, 2.45) is 5.92 Å². The monoisotopic (exact) mass is 398 g/mol. The summed E-state index contributed by atoms with van der Waals surface area (Å²) < 4.78 is 0. The predicted molar refractivity (Wildman–Crippen MR) is 112 cm³/mol. The van der Waals surface area contributed by atoms with Gasteiger partial charge in [-0.15, -0.1) is 0 Å². The zero-order chi connectivity index (χ0) is 17.5. The molecule has 3 nitrogen and oxygen atoms in total. The van der Waals surface area contributed by atoms with E-state index in [1.54, 1.807) is 6.07 Å². The van der Waals surface area contributed by atoms with E-state index in [9.17, 15) is 4.79 Å². The largest absolute Gasteiger partial charge is 0.325 e. The fourth-order valence-electron chi connectivity index (χ4n) is 3.53. The molecule has 0 aliphatic carbocycles. The zero-order valence-electron chi connectivity index (χ0n) is 14.6. The Morgan fingerprint density at radius 3 is 2.52 bits per heavy atom. The van der Waals surface area contributed by atoms with Gasteiger partial charge >= 0.3 is 0 Å². The molecule has 2 heterocycles. The molecule has 0 saturated carbocycles. The zero-order valence-corrected chi connectivity index (χ0v) is 17.0. The number of anilines is 1. The Morgan fingerprint density at radius 2 is 1.84 bits per heavy atom. The van der Waals surface area contributed by atoms with Crippen LogP contribution in [-0.4, -0.2) is 52.9 Å². The van der Waals surface area contributed by atoms with E-state index in [2.05, 4.69) is 33.7 Å². The van der Waals surface area contributed by atoms with Gasteiger partial charge in [-0.25, -0.2) is 0 Å². The van der Waals surface area contributed by atoms with Crippen molar-refractivity contribution in [1.29, 1.82) is 0 Å². The summed E-state index contributed by atoms with van der Waals surface area (Å²) in [6.07, 6.45) is 4.03. The summed E-state index contributed by atoms with van der Waals surface area (Å²) in [5.74, 6) is 5.94. The molecule has 0 bridgehead atoms. The number of para-hydroxylation sites is 1. The van der Waals surface area contributed by atoms with Gasteiger partial charge in [0.2, 0.25) is 5.91 Å². The summed E-state index contributed by atoms with van der Waals surface area (Å²) >= 11 is 10.3. The second kappa shape index (κ2) is 10.1. The van der Waals surface area contributed by atoms with Crippen LogP contribution < -0.4 is 5.32 Å². The first kappa shape index (κ1) is 19.4. The summed E-state index contributed by atoms with van der Waals surface area (Å²) in [6, 6.07) is 8.17. The highest BCUT2D eigenvalue weighted by atomic mass is 35.5. The molecule has 6 heteroatoms. The summed E-state index contributed by atoms with van der Waals surface area (Å²) in [5.41, 5.74) is 0.715. The third-order valence-electron chi connectivity index (χ3n) is 5.09. The van der Waals surface area contributed by atoms with Gasteiger partial charge in [0.25, 0.3) is 0 Å². The molecule has 0 radical (unpaired) electrons. The van der Waals surface area contributed by atoms with E-state index in [-0.39, 0.29) is 5.91 Å². The first-order valence-electron chi connectivity index (χ1n) is 9.16. The van der Waals surface area contributed by atoms with Crippen LogP contribution in [0.2, 0.25) is 5.02 Å². The van der Waals surface area contributed by atoms with Gasteiger partial charge in [-0.1, -0.05) is 23.7 Å². The summed E-state index contributed by atoms with van der Waals surface area (Å²) in [6.45, 7) is 2.39. The third kappa shape index (κ3) is 6.09. The maximum absolute atomic E-state index is 12.2. The molecule has 1 aromatic carbocycles. The third-order valence-corrected chi connectivity index (χ3v) is 7.90. The number of likely N-dealkylation sites (tertiary alicyclic amines) is 1. The molecule has 0 aromatic heterocycles. The van der Waals surface area contributed by atoms with Crippen molar-refractivity contribution in [1.82, 2.24) is 4.90 Å². The predicted octanol–water partition coefficient (Wildman–Crippen LogP) is 4.62. The number of rotatable bonds is 5. The fourth-order valence-corrected chi connectivity index (χ4v) is 6.34. The smallest absolute Gasteiger partial charge is 0.224 e. The van der Waals surface area contributed by atoms with Crippen molar-refractivity contribution in [3.63, 3.8) is 0 Å². The summed E-state index contributed by atoms with van der Waals surface area (Å²) in [7, 11) is 0.